The van der Waals surface area contributed by atoms with Crippen LogP contribution in [-0.4, -0.2) is 42.6 Å². The Kier molecular flexibility index (Phi) is 6.16. The Morgan fingerprint density at radius 1 is 1.11 bits per heavy atom. The Bertz CT molecular complexity index is 916. The monoisotopic (exact) mass is 407 g/mol. The fraction of sp³-hybridized carbons (Fsp3) is 0.316. The molecule has 1 aliphatic heterocycles. The average molecular weight is 408 g/mol. The molecular weight excluding hydrogens is 386 g/mol. The lowest BCUT2D eigenvalue weighted by atomic mass is 10.2. The lowest BCUT2D eigenvalue weighted by Crippen LogP contribution is -2.51. The zero-order chi connectivity index (χ0) is 19.4. The highest BCUT2D eigenvalue weighted by Crippen LogP contribution is 2.21. The maximum atomic E-state index is 12.9. The number of aryl methyl sites for hydroxylation is 1. The standard InChI is InChI=1S/C19H22ClN3O3S/c1-15-6-8-18(9-7-15)21-19(24)14-23-11-3-10-22(27(23,25)26)13-16-4-2-5-17(20)12-16/h2,4-9,12H,3,10-11,13-14H2,1H3,(H,21,24). The van der Waals surface area contributed by atoms with Gasteiger partial charge in [-0.05, 0) is 43.2 Å². The van der Waals surface area contributed by atoms with Gasteiger partial charge in [-0.3, -0.25) is 4.79 Å². The molecule has 144 valence electrons. The van der Waals surface area contributed by atoms with Crippen LogP contribution in [0.4, 0.5) is 5.69 Å². The smallest absolute Gasteiger partial charge is 0.282 e. The number of hydrogen-bond acceptors (Lipinski definition) is 3. The van der Waals surface area contributed by atoms with E-state index in [2.05, 4.69) is 5.32 Å². The number of carbonyl (C=O) groups excluding carboxylic acids is 1. The van der Waals surface area contributed by atoms with Crippen LogP contribution in [0.2, 0.25) is 5.02 Å². The molecule has 27 heavy (non-hydrogen) atoms. The number of carbonyl (C=O) groups is 1. The molecule has 0 atom stereocenters. The first kappa shape index (κ1) is 19.8. The fourth-order valence-electron chi connectivity index (χ4n) is 2.98. The maximum absolute atomic E-state index is 12.9. The molecule has 1 N–H and O–H groups in total. The second-order valence-corrected chi connectivity index (χ2v) is 8.94. The normalized spacial score (nSPS) is 17.6. The molecule has 0 saturated carbocycles. The van der Waals surface area contributed by atoms with E-state index in [0.29, 0.717) is 30.2 Å². The van der Waals surface area contributed by atoms with Gasteiger partial charge in [0.25, 0.3) is 10.2 Å². The topological polar surface area (TPSA) is 69.7 Å². The van der Waals surface area contributed by atoms with Crippen molar-refractivity contribution in [3.05, 3.63) is 64.7 Å². The molecule has 1 fully saturated rings. The zero-order valence-electron chi connectivity index (χ0n) is 15.1. The summed E-state index contributed by atoms with van der Waals surface area (Å²) in [6, 6.07) is 14.5. The van der Waals surface area contributed by atoms with Crippen molar-refractivity contribution in [2.75, 3.05) is 25.0 Å². The van der Waals surface area contributed by atoms with E-state index in [1.54, 1.807) is 30.3 Å². The molecular formula is C19H22ClN3O3S. The first-order valence-electron chi connectivity index (χ1n) is 8.71. The van der Waals surface area contributed by atoms with Crippen molar-refractivity contribution in [2.45, 2.75) is 19.9 Å². The van der Waals surface area contributed by atoms with Crippen molar-refractivity contribution >= 4 is 33.4 Å². The number of anilines is 1. The van der Waals surface area contributed by atoms with E-state index < -0.39 is 10.2 Å². The summed E-state index contributed by atoms with van der Waals surface area (Å²) in [7, 11) is -3.71. The number of rotatable bonds is 5. The Morgan fingerprint density at radius 2 is 1.81 bits per heavy atom. The quantitative estimate of drug-likeness (QED) is 0.828. The van der Waals surface area contributed by atoms with Gasteiger partial charge in [-0.2, -0.15) is 17.0 Å². The van der Waals surface area contributed by atoms with Crippen LogP contribution in [0.3, 0.4) is 0 Å². The molecule has 1 heterocycles. The number of amides is 1. The second kappa shape index (κ2) is 8.39. The third-order valence-corrected chi connectivity index (χ3v) is 6.53. The summed E-state index contributed by atoms with van der Waals surface area (Å²) >= 11 is 5.99. The summed E-state index contributed by atoms with van der Waals surface area (Å²) in [6.07, 6.45) is 0.664. The van der Waals surface area contributed by atoms with E-state index in [-0.39, 0.29) is 19.0 Å². The minimum absolute atomic E-state index is 0.206. The van der Waals surface area contributed by atoms with Gasteiger partial charge in [0.05, 0.1) is 6.54 Å². The fourth-order valence-corrected chi connectivity index (χ4v) is 4.83. The van der Waals surface area contributed by atoms with E-state index in [4.69, 9.17) is 11.6 Å². The molecule has 0 unspecified atom stereocenters. The Hall–Kier alpha value is -1.93. The van der Waals surface area contributed by atoms with Gasteiger partial charge in [-0.15, -0.1) is 0 Å². The first-order valence-corrected chi connectivity index (χ1v) is 10.5. The number of hydrogen-bond donors (Lipinski definition) is 1. The molecule has 1 aliphatic rings. The predicted octanol–water partition coefficient (Wildman–Crippen LogP) is 3.04. The van der Waals surface area contributed by atoms with Gasteiger partial charge in [-0.25, -0.2) is 0 Å². The molecule has 1 saturated heterocycles. The molecule has 8 heteroatoms. The highest BCUT2D eigenvalue weighted by atomic mass is 35.5. The van der Waals surface area contributed by atoms with Crippen LogP contribution in [0.25, 0.3) is 0 Å². The van der Waals surface area contributed by atoms with Crippen LogP contribution in [-0.2, 0) is 21.5 Å². The minimum Gasteiger partial charge on any atom is -0.325 e. The van der Waals surface area contributed by atoms with Crippen LogP contribution >= 0.6 is 11.6 Å². The lowest BCUT2D eigenvalue weighted by molar-refractivity contribution is -0.116. The molecule has 0 spiro atoms. The van der Waals surface area contributed by atoms with Crippen molar-refractivity contribution in [1.29, 1.82) is 0 Å². The molecule has 2 aromatic carbocycles. The Balaban J connectivity index is 1.66. The third kappa shape index (κ3) is 5.07. The van der Waals surface area contributed by atoms with E-state index in [9.17, 15) is 13.2 Å². The number of nitrogens with zero attached hydrogens (tertiary/aromatic N) is 2. The molecule has 0 bridgehead atoms. The number of benzene rings is 2. The summed E-state index contributed by atoms with van der Waals surface area (Å²) in [5.74, 6) is -0.355. The van der Waals surface area contributed by atoms with Crippen molar-refractivity contribution < 1.29 is 13.2 Å². The van der Waals surface area contributed by atoms with Gasteiger partial charge >= 0.3 is 0 Å². The van der Waals surface area contributed by atoms with Crippen LogP contribution in [0.5, 0.6) is 0 Å². The van der Waals surface area contributed by atoms with Crippen LogP contribution < -0.4 is 5.32 Å². The van der Waals surface area contributed by atoms with Crippen molar-refractivity contribution in [1.82, 2.24) is 8.61 Å². The van der Waals surface area contributed by atoms with Crippen LogP contribution in [0, 0.1) is 6.92 Å². The summed E-state index contributed by atoms with van der Waals surface area (Å²) < 4.78 is 28.4. The van der Waals surface area contributed by atoms with Gasteiger partial charge in [-0.1, -0.05) is 41.4 Å². The number of halogens is 1. The van der Waals surface area contributed by atoms with E-state index in [0.717, 1.165) is 11.1 Å². The Morgan fingerprint density at radius 3 is 2.52 bits per heavy atom. The van der Waals surface area contributed by atoms with Gasteiger partial charge in [0.2, 0.25) is 5.91 Å². The second-order valence-electron chi connectivity index (χ2n) is 6.57. The molecule has 0 radical (unpaired) electrons. The first-order chi connectivity index (χ1) is 12.8. The Labute approximate surface area is 164 Å². The lowest BCUT2D eigenvalue weighted by Gasteiger charge is -2.34. The summed E-state index contributed by atoms with van der Waals surface area (Å²) in [4.78, 5) is 12.3. The largest absolute Gasteiger partial charge is 0.325 e. The third-order valence-electron chi connectivity index (χ3n) is 4.37. The predicted molar refractivity (Wildman–Crippen MR) is 107 cm³/mol. The molecule has 0 aliphatic carbocycles. The van der Waals surface area contributed by atoms with E-state index in [1.807, 2.05) is 25.1 Å². The average Bonchev–Trinajstić information content (AvgIpc) is 2.61. The highest BCUT2D eigenvalue weighted by molar-refractivity contribution is 7.86. The van der Waals surface area contributed by atoms with E-state index in [1.165, 1.54) is 8.61 Å². The number of nitrogens with one attached hydrogen (secondary N) is 1. The summed E-state index contributed by atoms with van der Waals surface area (Å²) in [5.41, 5.74) is 2.55. The molecule has 1 amide bonds. The minimum atomic E-state index is -3.71. The van der Waals surface area contributed by atoms with Gasteiger partial charge in [0, 0.05) is 30.3 Å². The molecule has 2 aromatic rings. The summed E-state index contributed by atoms with van der Waals surface area (Å²) in [5, 5.41) is 3.31. The van der Waals surface area contributed by atoms with Crippen LogP contribution in [0.15, 0.2) is 48.5 Å². The SMILES string of the molecule is Cc1ccc(NC(=O)CN2CCCN(Cc3cccc(Cl)c3)S2(=O)=O)cc1. The molecule has 0 aromatic heterocycles. The van der Waals surface area contributed by atoms with Gasteiger partial charge < -0.3 is 5.32 Å². The molecule has 6 nitrogen and oxygen atoms in total. The maximum Gasteiger partial charge on any atom is 0.282 e. The summed E-state index contributed by atoms with van der Waals surface area (Å²) in [6.45, 7) is 2.74. The zero-order valence-corrected chi connectivity index (χ0v) is 16.6. The van der Waals surface area contributed by atoms with Crippen molar-refractivity contribution in [3.63, 3.8) is 0 Å². The van der Waals surface area contributed by atoms with Gasteiger partial charge in [0.15, 0.2) is 0 Å². The van der Waals surface area contributed by atoms with Gasteiger partial charge in [0.1, 0.15) is 0 Å². The van der Waals surface area contributed by atoms with Crippen molar-refractivity contribution in [2.24, 2.45) is 0 Å². The molecule has 3 rings (SSSR count). The highest BCUT2D eigenvalue weighted by Gasteiger charge is 2.34. The van der Waals surface area contributed by atoms with E-state index >= 15 is 0 Å². The van der Waals surface area contributed by atoms with Crippen molar-refractivity contribution in [3.8, 4) is 0 Å². The van der Waals surface area contributed by atoms with Crippen LogP contribution in [0.1, 0.15) is 17.5 Å².